The lowest BCUT2D eigenvalue weighted by Crippen LogP contribution is -2.35. The summed E-state index contributed by atoms with van der Waals surface area (Å²) in [5.74, 6) is 1.08. The number of pyridine rings is 1. The van der Waals surface area contributed by atoms with E-state index < -0.39 is 0 Å². The summed E-state index contributed by atoms with van der Waals surface area (Å²) >= 11 is 0. The molecule has 1 aliphatic carbocycles. The monoisotopic (exact) mass is 217 g/mol. The second-order valence-corrected chi connectivity index (χ2v) is 5.21. The average Bonchev–Trinajstić information content (AvgIpc) is 2.32. The number of aryl methyl sites for hydroxylation is 1. The highest BCUT2D eigenvalue weighted by atomic mass is 16.5. The molecule has 0 radical (unpaired) electrons. The van der Waals surface area contributed by atoms with E-state index in [1.165, 1.54) is 44.1 Å². The van der Waals surface area contributed by atoms with Crippen LogP contribution in [-0.2, 0) is 5.41 Å². The molecule has 0 aromatic carbocycles. The number of ether oxygens (including phenoxy) is 1. The van der Waals surface area contributed by atoms with Crippen LogP contribution in [0.2, 0.25) is 0 Å². The largest absolute Gasteiger partial charge is 0.491 e. The van der Waals surface area contributed by atoms with Gasteiger partial charge in [-0.3, -0.25) is 4.98 Å². The first-order valence-corrected chi connectivity index (χ1v) is 6.41. The highest BCUT2D eigenvalue weighted by molar-refractivity contribution is 5.43. The smallest absolute Gasteiger partial charge is 0.144 e. The minimum absolute atomic E-state index is 0.416. The van der Waals surface area contributed by atoms with Gasteiger partial charge < -0.3 is 4.74 Å². The van der Waals surface area contributed by atoms with Gasteiger partial charge in [-0.25, -0.2) is 0 Å². The minimum atomic E-state index is 0.416. The first-order valence-electron chi connectivity index (χ1n) is 6.41. The van der Waals surface area contributed by atoms with Crippen LogP contribution in [0.5, 0.6) is 5.75 Å². The van der Waals surface area contributed by atoms with E-state index in [4.69, 9.17) is 4.74 Å². The number of aromatic nitrogens is 1. The van der Waals surface area contributed by atoms with Gasteiger partial charge in [0, 0.05) is 17.2 Å². The second-order valence-electron chi connectivity index (χ2n) is 5.21. The lowest BCUT2D eigenvalue weighted by Gasteiger charge is -2.42. The fourth-order valence-corrected chi connectivity index (χ4v) is 3.38. The van der Waals surface area contributed by atoms with E-state index in [1.54, 1.807) is 0 Å². The molecule has 1 aliphatic heterocycles. The zero-order valence-corrected chi connectivity index (χ0v) is 9.96. The van der Waals surface area contributed by atoms with Crippen LogP contribution in [0.15, 0.2) is 12.3 Å². The van der Waals surface area contributed by atoms with Gasteiger partial charge in [0.25, 0.3) is 0 Å². The fourth-order valence-electron chi connectivity index (χ4n) is 3.38. The molecule has 86 valence electrons. The van der Waals surface area contributed by atoms with E-state index in [9.17, 15) is 0 Å². The molecule has 0 amide bonds. The lowest BCUT2D eigenvalue weighted by molar-refractivity contribution is 0.172. The predicted molar refractivity (Wildman–Crippen MR) is 63.8 cm³/mol. The van der Waals surface area contributed by atoms with E-state index in [0.29, 0.717) is 5.41 Å². The Bertz CT molecular complexity index is 394. The van der Waals surface area contributed by atoms with Crippen molar-refractivity contribution < 1.29 is 4.74 Å². The Balaban J connectivity index is 2.08. The standard InChI is InChI=1S/C14H19NO/c1-11-13-12(5-9-15-11)14(8-10-16-13)6-3-2-4-7-14/h5,9H,2-4,6-8,10H2,1H3. The molecule has 1 fully saturated rings. The van der Waals surface area contributed by atoms with Gasteiger partial charge in [-0.1, -0.05) is 19.3 Å². The molecule has 0 saturated heterocycles. The van der Waals surface area contributed by atoms with Gasteiger partial charge in [0.1, 0.15) is 5.75 Å². The average molecular weight is 217 g/mol. The molecule has 1 aromatic heterocycles. The van der Waals surface area contributed by atoms with Crippen molar-refractivity contribution in [1.29, 1.82) is 0 Å². The van der Waals surface area contributed by atoms with Gasteiger partial charge >= 0.3 is 0 Å². The van der Waals surface area contributed by atoms with E-state index in [2.05, 4.69) is 18.0 Å². The highest BCUT2D eigenvalue weighted by Gasteiger charge is 2.39. The normalized spacial score (nSPS) is 22.6. The second kappa shape index (κ2) is 3.76. The van der Waals surface area contributed by atoms with Crippen molar-refractivity contribution in [1.82, 2.24) is 4.98 Å². The van der Waals surface area contributed by atoms with Crippen molar-refractivity contribution >= 4 is 0 Å². The van der Waals surface area contributed by atoms with Crippen molar-refractivity contribution in [2.24, 2.45) is 0 Å². The van der Waals surface area contributed by atoms with Crippen LogP contribution in [0, 0.1) is 6.92 Å². The van der Waals surface area contributed by atoms with Crippen LogP contribution in [0.1, 0.15) is 49.8 Å². The van der Waals surface area contributed by atoms with Gasteiger partial charge in [0.05, 0.1) is 12.3 Å². The number of rotatable bonds is 0. The molecule has 0 N–H and O–H groups in total. The van der Waals surface area contributed by atoms with Crippen molar-refractivity contribution in [2.75, 3.05) is 6.61 Å². The topological polar surface area (TPSA) is 22.1 Å². The van der Waals surface area contributed by atoms with Crippen LogP contribution in [0.4, 0.5) is 0 Å². The number of fused-ring (bicyclic) bond motifs is 2. The summed E-state index contributed by atoms with van der Waals surface area (Å²) < 4.78 is 5.82. The van der Waals surface area contributed by atoms with Crippen LogP contribution < -0.4 is 4.74 Å². The zero-order chi connectivity index (χ0) is 11.0. The van der Waals surface area contributed by atoms with Gasteiger partial charge in [-0.15, -0.1) is 0 Å². The maximum Gasteiger partial charge on any atom is 0.144 e. The summed E-state index contributed by atoms with van der Waals surface area (Å²) in [4.78, 5) is 4.35. The Morgan fingerprint density at radius 2 is 2.00 bits per heavy atom. The molecule has 16 heavy (non-hydrogen) atoms. The molecule has 2 nitrogen and oxygen atoms in total. The zero-order valence-electron chi connectivity index (χ0n) is 9.96. The van der Waals surface area contributed by atoms with Crippen LogP contribution in [0.25, 0.3) is 0 Å². The van der Waals surface area contributed by atoms with Crippen molar-refractivity contribution in [3.63, 3.8) is 0 Å². The summed E-state index contributed by atoms with van der Waals surface area (Å²) in [7, 11) is 0. The SMILES string of the molecule is Cc1nccc2c1OCCC21CCCCC1. The van der Waals surface area contributed by atoms with E-state index in [-0.39, 0.29) is 0 Å². The molecule has 1 saturated carbocycles. The number of hydrogen-bond acceptors (Lipinski definition) is 2. The van der Waals surface area contributed by atoms with Crippen LogP contribution >= 0.6 is 0 Å². The van der Waals surface area contributed by atoms with Gasteiger partial charge in [-0.05, 0) is 32.3 Å². The Morgan fingerprint density at radius 1 is 1.19 bits per heavy atom. The summed E-state index contributed by atoms with van der Waals surface area (Å²) in [5.41, 5.74) is 2.91. The Morgan fingerprint density at radius 3 is 2.81 bits per heavy atom. The van der Waals surface area contributed by atoms with Gasteiger partial charge in [0.15, 0.2) is 0 Å². The third-order valence-corrected chi connectivity index (χ3v) is 4.29. The molecule has 2 aliphatic rings. The Kier molecular flexibility index (Phi) is 2.38. The minimum Gasteiger partial charge on any atom is -0.491 e. The predicted octanol–water partition coefficient (Wildman–Crippen LogP) is 3.37. The van der Waals surface area contributed by atoms with Crippen molar-refractivity contribution in [2.45, 2.75) is 50.9 Å². The summed E-state index contributed by atoms with van der Waals surface area (Å²) in [6, 6.07) is 2.19. The van der Waals surface area contributed by atoms with E-state index in [0.717, 1.165) is 18.1 Å². The fraction of sp³-hybridized carbons (Fsp3) is 0.643. The van der Waals surface area contributed by atoms with Crippen molar-refractivity contribution in [3.8, 4) is 5.75 Å². The quantitative estimate of drug-likeness (QED) is 0.664. The molecule has 0 atom stereocenters. The molecule has 1 spiro atoms. The number of nitrogens with zero attached hydrogens (tertiary/aromatic N) is 1. The van der Waals surface area contributed by atoms with E-state index in [1.807, 2.05) is 6.20 Å². The molecular weight excluding hydrogens is 198 g/mol. The Hall–Kier alpha value is -1.05. The third-order valence-electron chi connectivity index (χ3n) is 4.29. The maximum absolute atomic E-state index is 5.82. The van der Waals surface area contributed by atoms with Gasteiger partial charge in [-0.2, -0.15) is 0 Å². The molecule has 0 unspecified atom stereocenters. The molecule has 2 heteroatoms. The first kappa shape index (κ1) is 10.1. The summed E-state index contributed by atoms with van der Waals surface area (Å²) in [5, 5.41) is 0. The molecule has 0 bridgehead atoms. The molecule has 3 rings (SSSR count). The summed E-state index contributed by atoms with van der Waals surface area (Å²) in [6.45, 7) is 2.93. The van der Waals surface area contributed by atoms with Crippen LogP contribution in [0.3, 0.4) is 0 Å². The molecule has 2 heterocycles. The molecular formula is C14H19NO. The van der Waals surface area contributed by atoms with Gasteiger partial charge in [0.2, 0.25) is 0 Å². The molecule has 1 aromatic rings. The van der Waals surface area contributed by atoms with Crippen molar-refractivity contribution in [3.05, 3.63) is 23.5 Å². The third kappa shape index (κ3) is 1.43. The Labute approximate surface area is 97.0 Å². The first-order chi connectivity index (χ1) is 7.82. The summed E-state index contributed by atoms with van der Waals surface area (Å²) in [6.07, 6.45) is 9.98. The highest BCUT2D eigenvalue weighted by Crippen LogP contribution is 2.48. The maximum atomic E-state index is 5.82. The van der Waals surface area contributed by atoms with E-state index >= 15 is 0 Å². The lowest BCUT2D eigenvalue weighted by atomic mass is 9.66. The number of hydrogen-bond donors (Lipinski definition) is 0. The van der Waals surface area contributed by atoms with Crippen LogP contribution in [-0.4, -0.2) is 11.6 Å².